The molecule has 11 aromatic rings. The first-order chi connectivity index (χ1) is 22.8. The van der Waals surface area contributed by atoms with E-state index in [0.29, 0.717) is 5.71 Å². The van der Waals surface area contributed by atoms with Crippen molar-refractivity contribution < 1.29 is 8.83 Å². The van der Waals surface area contributed by atoms with E-state index in [-0.39, 0.29) is 0 Å². The normalized spacial score (nSPS) is 12.3. The van der Waals surface area contributed by atoms with E-state index in [0.717, 1.165) is 71.9 Å². The molecule has 6 aromatic carbocycles. The van der Waals surface area contributed by atoms with Crippen LogP contribution in [-0.4, -0.2) is 14.1 Å². The summed E-state index contributed by atoms with van der Waals surface area (Å²) in [4.78, 5) is 5.28. The van der Waals surface area contributed by atoms with Gasteiger partial charge in [-0.3, -0.25) is 4.57 Å². The molecule has 214 valence electrons. The summed E-state index contributed by atoms with van der Waals surface area (Å²) >= 11 is 0. The first-order valence-corrected chi connectivity index (χ1v) is 15.5. The Morgan fingerprint density at radius 2 is 0.870 bits per heavy atom. The van der Waals surface area contributed by atoms with Crippen LogP contribution < -0.4 is 0 Å². The number of nitrogens with zero attached hydrogens (tertiary/aromatic N) is 3. The second-order valence-corrected chi connectivity index (χ2v) is 12.0. The van der Waals surface area contributed by atoms with Gasteiger partial charge in [0, 0.05) is 43.8 Å². The van der Waals surface area contributed by atoms with E-state index >= 15 is 0 Å². The van der Waals surface area contributed by atoms with Gasteiger partial charge in [-0.05, 0) is 42.5 Å². The maximum atomic E-state index is 6.73. The van der Waals surface area contributed by atoms with E-state index < -0.39 is 0 Å². The Morgan fingerprint density at radius 1 is 0.391 bits per heavy atom. The Bertz CT molecular complexity index is 2940. The lowest BCUT2D eigenvalue weighted by Crippen LogP contribution is -2.02. The lowest BCUT2D eigenvalue weighted by atomic mass is 10.1. The van der Waals surface area contributed by atoms with Crippen LogP contribution >= 0.6 is 0 Å². The monoisotopic (exact) mass is 589 g/mol. The van der Waals surface area contributed by atoms with Crippen LogP contribution in [-0.2, 0) is 0 Å². The molecule has 5 heteroatoms. The van der Waals surface area contributed by atoms with E-state index in [1.165, 1.54) is 21.5 Å². The lowest BCUT2D eigenvalue weighted by molar-refractivity contribution is 0.651. The molecule has 0 radical (unpaired) electrons. The fraction of sp³-hybridized carbons (Fsp3) is 0. The van der Waals surface area contributed by atoms with Gasteiger partial charge < -0.3 is 13.4 Å². The standard InChI is InChI=1S/C41H23N3O2/c1-6-16-31-24(11-1)25-12-2-7-17-32(25)43(31)35-23-39(44-33-18-8-3-13-26(33)27-14-4-9-19-34(27)44)42-41-40(35)30-22-37-29(21-38(30)46-41)28-15-5-10-20-36(28)45-37/h1-23H. The molecule has 5 heterocycles. The smallest absolute Gasteiger partial charge is 0.231 e. The number of hydrogen-bond acceptors (Lipinski definition) is 3. The molecule has 0 N–H and O–H groups in total. The molecule has 46 heavy (non-hydrogen) atoms. The Hall–Kier alpha value is -6.33. The van der Waals surface area contributed by atoms with Gasteiger partial charge in [-0.2, -0.15) is 4.98 Å². The minimum Gasteiger partial charge on any atom is -0.456 e. The summed E-state index contributed by atoms with van der Waals surface area (Å²) in [6.45, 7) is 0. The molecule has 0 saturated heterocycles. The molecule has 0 saturated carbocycles. The minimum absolute atomic E-state index is 0.586. The van der Waals surface area contributed by atoms with Crippen LogP contribution in [0.1, 0.15) is 0 Å². The molecule has 0 atom stereocenters. The van der Waals surface area contributed by atoms with E-state index in [9.17, 15) is 0 Å². The van der Waals surface area contributed by atoms with Gasteiger partial charge in [-0.15, -0.1) is 0 Å². The van der Waals surface area contributed by atoms with Crippen LogP contribution in [0, 0.1) is 0 Å². The van der Waals surface area contributed by atoms with Crippen molar-refractivity contribution in [3.63, 3.8) is 0 Å². The summed E-state index contributed by atoms with van der Waals surface area (Å²) in [7, 11) is 0. The first kappa shape index (κ1) is 24.0. The highest BCUT2D eigenvalue weighted by atomic mass is 16.3. The largest absolute Gasteiger partial charge is 0.456 e. The van der Waals surface area contributed by atoms with Crippen LogP contribution in [0.3, 0.4) is 0 Å². The van der Waals surface area contributed by atoms with E-state index in [2.05, 4.69) is 130 Å². The predicted molar refractivity (Wildman–Crippen MR) is 187 cm³/mol. The van der Waals surface area contributed by atoms with Gasteiger partial charge in [-0.1, -0.05) is 91.0 Å². The Labute approximate surface area is 261 Å². The van der Waals surface area contributed by atoms with Crippen molar-refractivity contribution >= 4 is 87.6 Å². The van der Waals surface area contributed by atoms with E-state index in [4.69, 9.17) is 13.8 Å². The molecular weight excluding hydrogens is 566 g/mol. The molecule has 0 spiro atoms. The molecule has 11 rings (SSSR count). The molecule has 0 unspecified atom stereocenters. The number of furan rings is 2. The molecule has 0 bridgehead atoms. The molecule has 0 aliphatic heterocycles. The molecule has 0 amide bonds. The number of benzene rings is 6. The molecule has 0 aliphatic rings. The summed E-state index contributed by atoms with van der Waals surface area (Å²) in [5.74, 6) is 0.801. The number of rotatable bonds is 2. The summed E-state index contributed by atoms with van der Waals surface area (Å²) < 4.78 is 17.7. The van der Waals surface area contributed by atoms with Crippen molar-refractivity contribution in [2.75, 3.05) is 0 Å². The van der Waals surface area contributed by atoms with Gasteiger partial charge in [0.05, 0.1) is 33.1 Å². The third-order valence-electron chi connectivity index (χ3n) is 9.54. The number of aromatic nitrogens is 3. The van der Waals surface area contributed by atoms with Crippen molar-refractivity contribution in [1.29, 1.82) is 0 Å². The second kappa shape index (κ2) is 8.65. The second-order valence-electron chi connectivity index (χ2n) is 12.0. The van der Waals surface area contributed by atoms with Crippen LogP contribution in [0.2, 0.25) is 0 Å². The Morgan fingerprint density at radius 3 is 1.48 bits per heavy atom. The average Bonchev–Trinajstić information content (AvgIpc) is 3.84. The fourth-order valence-corrected chi connectivity index (χ4v) is 7.60. The Kier molecular flexibility index (Phi) is 4.52. The van der Waals surface area contributed by atoms with Crippen molar-refractivity contribution in [3.05, 3.63) is 140 Å². The van der Waals surface area contributed by atoms with Gasteiger partial charge in [0.25, 0.3) is 0 Å². The van der Waals surface area contributed by atoms with Gasteiger partial charge in [0.1, 0.15) is 22.6 Å². The van der Waals surface area contributed by atoms with E-state index in [1.807, 2.05) is 18.2 Å². The van der Waals surface area contributed by atoms with Crippen LogP contribution in [0.15, 0.2) is 148 Å². The SMILES string of the molecule is c1ccc2c(c1)oc1cc3c(cc12)oc1nc(-n2c4ccccc4c4ccccc42)cc(-n2c4ccccc4c4ccccc42)c13. The van der Waals surface area contributed by atoms with Crippen molar-refractivity contribution in [3.8, 4) is 11.5 Å². The summed E-state index contributed by atoms with van der Waals surface area (Å²) in [5, 5.41) is 8.81. The highest BCUT2D eigenvalue weighted by Gasteiger charge is 2.23. The predicted octanol–water partition coefficient (Wildman–Crippen LogP) is 11.1. The minimum atomic E-state index is 0.586. The highest BCUT2D eigenvalue weighted by molar-refractivity contribution is 6.18. The van der Waals surface area contributed by atoms with Crippen LogP contribution in [0.5, 0.6) is 0 Å². The fourth-order valence-electron chi connectivity index (χ4n) is 7.60. The van der Waals surface area contributed by atoms with Gasteiger partial charge in [-0.25, -0.2) is 0 Å². The lowest BCUT2D eigenvalue weighted by Gasteiger charge is -2.13. The quantitative estimate of drug-likeness (QED) is 0.202. The van der Waals surface area contributed by atoms with Gasteiger partial charge in [0.15, 0.2) is 0 Å². The maximum Gasteiger partial charge on any atom is 0.231 e. The molecule has 0 fully saturated rings. The zero-order chi connectivity index (χ0) is 29.9. The van der Waals surface area contributed by atoms with Crippen molar-refractivity contribution in [2.45, 2.75) is 0 Å². The summed E-state index contributed by atoms with van der Waals surface area (Å²) in [6, 6.07) is 48.9. The van der Waals surface area contributed by atoms with Gasteiger partial charge >= 0.3 is 0 Å². The van der Waals surface area contributed by atoms with Crippen molar-refractivity contribution in [1.82, 2.24) is 14.1 Å². The number of para-hydroxylation sites is 5. The number of pyridine rings is 1. The van der Waals surface area contributed by atoms with E-state index in [1.54, 1.807) is 0 Å². The summed E-state index contributed by atoms with van der Waals surface area (Å²) in [5.41, 5.74) is 8.53. The first-order valence-electron chi connectivity index (χ1n) is 15.5. The third-order valence-corrected chi connectivity index (χ3v) is 9.54. The topological polar surface area (TPSA) is 49.0 Å². The molecule has 0 aliphatic carbocycles. The molecule has 5 nitrogen and oxygen atoms in total. The zero-order valence-electron chi connectivity index (χ0n) is 24.4. The van der Waals surface area contributed by atoms with Crippen LogP contribution in [0.25, 0.3) is 99.1 Å². The van der Waals surface area contributed by atoms with Crippen molar-refractivity contribution in [2.24, 2.45) is 0 Å². The number of hydrogen-bond donors (Lipinski definition) is 0. The summed E-state index contributed by atoms with van der Waals surface area (Å²) in [6.07, 6.45) is 0. The van der Waals surface area contributed by atoms with Crippen LogP contribution in [0.4, 0.5) is 0 Å². The zero-order valence-corrected chi connectivity index (χ0v) is 24.4. The molecular formula is C41H23N3O2. The third kappa shape index (κ3) is 3.06. The number of fused-ring (bicyclic) bond motifs is 12. The molecule has 5 aromatic heterocycles. The highest BCUT2D eigenvalue weighted by Crippen LogP contribution is 2.42. The Balaban J connectivity index is 1.34. The van der Waals surface area contributed by atoms with Gasteiger partial charge in [0.2, 0.25) is 5.71 Å². The maximum absolute atomic E-state index is 6.73. The average molecular weight is 590 g/mol.